The third-order valence-electron chi connectivity index (χ3n) is 5.44. The average Bonchev–Trinajstić information content (AvgIpc) is 2.65. The minimum Gasteiger partial charge on any atom is -0.326 e. The first-order chi connectivity index (χ1) is 12.5. The average molecular weight is 346 g/mol. The molecular weight excluding hydrogens is 314 g/mol. The van der Waals surface area contributed by atoms with Gasteiger partial charge >= 0.3 is 0 Å². The Kier molecular flexibility index (Phi) is 5.78. The van der Waals surface area contributed by atoms with Crippen molar-refractivity contribution in [1.82, 2.24) is 0 Å². The van der Waals surface area contributed by atoms with Gasteiger partial charge in [0.15, 0.2) is 0 Å². The molecule has 1 unspecified atom stereocenters. The number of hydrogen-bond donors (Lipinski definition) is 1. The summed E-state index contributed by atoms with van der Waals surface area (Å²) < 4.78 is 0. The van der Waals surface area contributed by atoms with E-state index in [1.807, 2.05) is 0 Å². The maximum atomic E-state index is 5.77. The fourth-order valence-electron chi connectivity index (χ4n) is 3.94. The minimum absolute atomic E-state index is 0.591. The van der Waals surface area contributed by atoms with Gasteiger partial charge in [-0.3, -0.25) is 0 Å². The van der Waals surface area contributed by atoms with E-state index in [2.05, 4.69) is 82.3 Å². The van der Waals surface area contributed by atoms with Crippen LogP contribution in [0.25, 0.3) is 21.9 Å². The first-order valence-electron chi connectivity index (χ1n) is 9.85. The Balaban J connectivity index is 2.01. The zero-order chi connectivity index (χ0) is 18.7. The maximum Gasteiger partial charge on any atom is 0.0178 e. The molecule has 26 heavy (non-hydrogen) atoms. The van der Waals surface area contributed by atoms with Crippen molar-refractivity contribution in [1.29, 1.82) is 0 Å². The molecule has 0 saturated heterocycles. The Morgan fingerprint density at radius 2 is 1.50 bits per heavy atom. The van der Waals surface area contributed by atoms with Crippen molar-refractivity contribution in [2.45, 2.75) is 53.0 Å². The van der Waals surface area contributed by atoms with Crippen LogP contribution < -0.4 is 5.73 Å². The number of rotatable bonds is 6. The zero-order valence-electron chi connectivity index (χ0n) is 16.5. The van der Waals surface area contributed by atoms with Crippen molar-refractivity contribution >= 4 is 10.8 Å². The predicted octanol–water partition coefficient (Wildman–Crippen LogP) is 6.81. The summed E-state index contributed by atoms with van der Waals surface area (Å²) in [5.41, 5.74) is 12.5. The number of nitrogens with two attached hydrogens (primary N) is 1. The van der Waals surface area contributed by atoms with Crippen LogP contribution in [0.3, 0.4) is 0 Å². The van der Waals surface area contributed by atoms with Gasteiger partial charge in [-0.15, -0.1) is 0 Å². The standard InChI is InChI=1S/C25H31N/c1-5-20(12-17(2)3)25-15-24(8-6-18(25)4)23-11-10-21-13-19(16-26)7-9-22(21)14-23/h6-11,13-15,17,20H,5,12,16,26H2,1-4H3. The molecule has 0 aliphatic rings. The summed E-state index contributed by atoms with van der Waals surface area (Å²) in [4.78, 5) is 0. The van der Waals surface area contributed by atoms with Crippen LogP contribution in [0.4, 0.5) is 0 Å². The molecular formula is C25H31N. The first-order valence-corrected chi connectivity index (χ1v) is 9.85. The second kappa shape index (κ2) is 8.05. The normalized spacial score (nSPS) is 12.7. The van der Waals surface area contributed by atoms with E-state index >= 15 is 0 Å². The topological polar surface area (TPSA) is 26.0 Å². The predicted molar refractivity (Wildman–Crippen MR) is 114 cm³/mol. The van der Waals surface area contributed by atoms with E-state index in [1.54, 1.807) is 0 Å². The Morgan fingerprint density at radius 1 is 0.846 bits per heavy atom. The summed E-state index contributed by atoms with van der Waals surface area (Å²) >= 11 is 0. The van der Waals surface area contributed by atoms with Crippen LogP contribution in [0.5, 0.6) is 0 Å². The molecule has 1 heteroatoms. The van der Waals surface area contributed by atoms with Gasteiger partial charge in [-0.05, 0) is 82.3 Å². The van der Waals surface area contributed by atoms with Gasteiger partial charge in [0.05, 0.1) is 0 Å². The lowest BCUT2D eigenvalue weighted by Gasteiger charge is -2.21. The molecule has 3 rings (SSSR count). The van der Waals surface area contributed by atoms with Crippen molar-refractivity contribution in [2.75, 3.05) is 0 Å². The monoisotopic (exact) mass is 345 g/mol. The Labute approximate surface area is 158 Å². The minimum atomic E-state index is 0.591. The molecule has 2 N–H and O–H groups in total. The Morgan fingerprint density at radius 3 is 2.19 bits per heavy atom. The zero-order valence-corrected chi connectivity index (χ0v) is 16.5. The van der Waals surface area contributed by atoms with Crippen LogP contribution in [0.15, 0.2) is 54.6 Å². The molecule has 0 aliphatic carbocycles. The fraction of sp³-hybridized carbons (Fsp3) is 0.360. The van der Waals surface area contributed by atoms with Crippen LogP contribution in [0.1, 0.15) is 56.2 Å². The first kappa shape index (κ1) is 18.7. The van der Waals surface area contributed by atoms with Gasteiger partial charge in [-0.1, -0.05) is 63.2 Å². The molecule has 0 spiro atoms. The molecule has 0 aliphatic heterocycles. The van der Waals surface area contributed by atoms with Crippen molar-refractivity contribution in [3.63, 3.8) is 0 Å². The number of hydrogen-bond acceptors (Lipinski definition) is 1. The van der Waals surface area contributed by atoms with E-state index in [9.17, 15) is 0 Å². The highest BCUT2D eigenvalue weighted by atomic mass is 14.5. The highest BCUT2D eigenvalue weighted by molar-refractivity contribution is 5.88. The van der Waals surface area contributed by atoms with E-state index in [1.165, 1.54) is 51.4 Å². The van der Waals surface area contributed by atoms with Crippen molar-refractivity contribution < 1.29 is 0 Å². The van der Waals surface area contributed by atoms with Crippen molar-refractivity contribution in [3.8, 4) is 11.1 Å². The van der Waals surface area contributed by atoms with Crippen molar-refractivity contribution in [3.05, 3.63) is 71.3 Å². The highest BCUT2D eigenvalue weighted by Gasteiger charge is 2.15. The van der Waals surface area contributed by atoms with E-state index in [4.69, 9.17) is 5.73 Å². The molecule has 0 radical (unpaired) electrons. The van der Waals surface area contributed by atoms with Gasteiger partial charge in [-0.2, -0.15) is 0 Å². The van der Waals surface area contributed by atoms with Gasteiger partial charge in [0.25, 0.3) is 0 Å². The lowest BCUT2D eigenvalue weighted by atomic mass is 9.84. The maximum absolute atomic E-state index is 5.77. The third kappa shape index (κ3) is 3.99. The number of benzene rings is 3. The van der Waals surface area contributed by atoms with Crippen molar-refractivity contribution in [2.24, 2.45) is 11.7 Å². The molecule has 0 heterocycles. The van der Waals surface area contributed by atoms with E-state index in [-0.39, 0.29) is 0 Å². The summed E-state index contributed by atoms with van der Waals surface area (Å²) in [5.74, 6) is 1.36. The van der Waals surface area contributed by atoms with Crippen LogP contribution in [0, 0.1) is 12.8 Å². The molecule has 1 nitrogen and oxygen atoms in total. The summed E-state index contributed by atoms with van der Waals surface area (Å²) in [7, 11) is 0. The van der Waals surface area contributed by atoms with Crippen LogP contribution in [-0.2, 0) is 6.54 Å². The summed E-state index contributed by atoms with van der Waals surface area (Å²) in [6, 6.07) is 20.2. The summed E-state index contributed by atoms with van der Waals surface area (Å²) in [5, 5.41) is 2.53. The van der Waals surface area contributed by atoms with E-state index < -0.39 is 0 Å². The van der Waals surface area contributed by atoms with Gasteiger partial charge < -0.3 is 5.73 Å². The highest BCUT2D eigenvalue weighted by Crippen LogP contribution is 2.33. The summed E-state index contributed by atoms with van der Waals surface area (Å²) in [6.07, 6.45) is 2.45. The van der Waals surface area contributed by atoms with Gasteiger partial charge in [0, 0.05) is 6.54 Å². The Hall–Kier alpha value is -2.12. The van der Waals surface area contributed by atoms with E-state index in [0.29, 0.717) is 12.5 Å². The number of fused-ring (bicyclic) bond motifs is 1. The molecule has 0 fully saturated rings. The third-order valence-corrected chi connectivity index (χ3v) is 5.44. The second-order valence-corrected chi connectivity index (χ2v) is 7.91. The smallest absolute Gasteiger partial charge is 0.0178 e. The van der Waals surface area contributed by atoms with Gasteiger partial charge in [0.2, 0.25) is 0 Å². The molecule has 3 aromatic rings. The van der Waals surface area contributed by atoms with Crippen LogP contribution in [0.2, 0.25) is 0 Å². The van der Waals surface area contributed by atoms with E-state index in [0.717, 1.165) is 5.92 Å². The molecule has 0 saturated carbocycles. The largest absolute Gasteiger partial charge is 0.326 e. The molecule has 3 aromatic carbocycles. The molecule has 0 bridgehead atoms. The van der Waals surface area contributed by atoms with Gasteiger partial charge in [0.1, 0.15) is 0 Å². The lowest BCUT2D eigenvalue weighted by Crippen LogP contribution is -2.04. The summed E-state index contributed by atoms with van der Waals surface area (Å²) in [6.45, 7) is 9.79. The second-order valence-electron chi connectivity index (χ2n) is 7.91. The lowest BCUT2D eigenvalue weighted by molar-refractivity contribution is 0.488. The molecule has 136 valence electrons. The number of aryl methyl sites for hydroxylation is 1. The van der Waals surface area contributed by atoms with Crippen LogP contribution in [-0.4, -0.2) is 0 Å². The van der Waals surface area contributed by atoms with Gasteiger partial charge in [-0.25, -0.2) is 0 Å². The quantitative estimate of drug-likeness (QED) is 0.521. The molecule has 1 atom stereocenters. The fourth-order valence-corrected chi connectivity index (χ4v) is 3.94. The SMILES string of the molecule is CCC(CC(C)C)c1cc(-c2ccc3cc(CN)ccc3c2)ccc1C. The molecule has 0 aromatic heterocycles. The molecule has 0 amide bonds. The Bertz CT molecular complexity index is 892. The van der Waals surface area contributed by atoms with Crippen LogP contribution >= 0.6 is 0 Å².